The molecule has 2 rings (SSSR count). The summed E-state index contributed by atoms with van der Waals surface area (Å²) in [5.74, 6) is 0.711. The van der Waals surface area contributed by atoms with E-state index in [4.69, 9.17) is 11.5 Å². The molecule has 1 aromatic carbocycles. The maximum absolute atomic E-state index is 6.08. The Balaban J connectivity index is 2.24. The fourth-order valence-corrected chi connectivity index (χ4v) is 2.76. The van der Waals surface area contributed by atoms with E-state index in [9.17, 15) is 0 Å². The Morgan fingerprint density at radius 1 is 1.12 bits per heavy atom. The first-order chi connectivity index (χ1) is 7.83. The molecule has 1 aliphatic carbocycles. The first kappa shape index (κ1) is 11.6. The quantitative estimate of drug-likeness (QED) is 0.819. The van der Waals surface area contributed by atoms with E-state index in [2.05, 4.69) is 24.3 Å². The average molecular weight is 218 g/mol. The van der Waals surface area contributed by atoms with Crippen molar-refractivity contribution < 1.29 is 0 Å². The Hall–Kier alpha value is -0.860. The summed E-state index contributed by atoms with van der Waals surface area (Å²) in [5.41, 5.74) is 14.5. The zero-order valence-electron chi connectivity index (χ0n) is 9.86. The SMILES string of the molecule is NC[C@@H](N)c1ccccc1C1CCCCC1. The van der Waals surface area contributed by atoms with Crippen LogP contribution in [0.1, 0.15) is 55.2 Å². The second-order valence-electron chi connectivity index (χ2n) is 4.81. The molecule has 0 radical (unpaired) electrons. The first-order valence-electron chi connectivity index (χ1n) is 6.37. The molecule has 0 heterocycles. The lowest BCUT2D eigenvalue weighted by Gasteiger charge is -2.26. The molecule has 1 aliphatic rings. The number of hydrogen-bond acceptors (Lipinski definition) is 2. The summed E-state index contributed by atoms with van der Waals surface area (Å²) in [6.07, 6.45) is 6.73. The molecule has 0 saturated heterocycles. The Morgan fingerprint density at radius 2 is 1.81 bits per heavy atom. The molecule has 1 fully saturated rings. The van der Waals surface area contributed by atoms with Gasteiger partial charge in [0.25, 0.3) is 0 Å². The molecule has 1 saturated carbocycles. The highest BCUT2D eigenvalue weighted by molar-refractivity contribution is 5.33. The molecule has 0 spiro atoms. The van der Waals surface area contributed by atoms with Gasteiger partial charge in [0.05, 0.1) is 0 Å². The number of benzene rings is 1. The van der Waals surface area contributed by atoms with Gasteiger partial charge in [0, 0.05) is 12.6 Å². The molecule has 88 valence electrons. The van der Waals surface area contributed by atoms with Gasteiger partial charge in [-0.15, -0.1) is 0 Å². The van der Waals surface area contributed by atoms with Crippen molar-refractivity contribution in [3.8, 4) is 0 Å². The highest BCUT2D eigenvalue weighted by Gasteiger charge is 2.19. The number of hydrogen-bond donors (Lipinski definition) is 2. The van der Waals surface area contributed by atoms with E-state index in [1.807, 2.05) is 0 Å². The van der Waals surface area contributed by atoms with Crippen LogP contribution in [0, 0.1) is 0 Å². The van der Waals surface area contributed by atoms with Crippen molar-refractivity contribution in [2.75, 3.05) is 6.54 Å². The fourth-order valence-electron chi connectivity index (χ4n) is 2.76. The van der Waals surface area contributed by atoms with Crippen molar-refractivity contribution in [3.05, 3.63) is 35.4 Å². The van der Waals surface area contributed by atoms with Gasteiger partial charge in [-0.05, 0) is 29.9 Å². The highest BCUT2D eigenvalue weighted by atomic mass is 14.7. The molecular formula is C14H22N2. The summed E-state index contributed by atoms with van der Waals surface area (Å²) in [4.78, 5) is 0. The first-order valence-corrected chi connectivity index (χ1v) is 6.37. The summed E-state index contributed by atoms with van der Waals surface area (Å²) < 4.78 is 0. The van der Waals surface area contributed by atoms with Crippen LogP contribution >= 0.6 is 0 Å². The van der Waals surface area contributed by atoms with E-state index < -0.39 is 0 Å². The van der Waals surface area contributed by atoms with Gasteiger partial charge in [-0.2, -0.15) is 0 Å². The van der Waals surface area contributed by atoms with Crippen molar-refractivity contribution in [1.82, 2.24) is 0 Å². The smallest absolute Gasteiger partial charge is 0.0422 e. The van der Waals surface area contributed by atoms with Gasteiger partial charge in [0.2, 0.25) is 0 Å². The van der Waals surface area contributed by atoms with Crippen LogP contribution in [0.15, 0.2) is 24.3 Å². The molecule has 4 N–H and O–H groups in total. The summed E-state index contributed by atoms with van der Waals surface area (Å²) >= 11 is 0. The van der Waals surface area contributed by atoms with Crippen LogP contribution in [0.3, 0.4) is 0 Å². The van der Waals surface area contributed by atoms with Crippen molar-refractivity contribution in [2.45, 2.75) is 44.1 Å². The van der Waals surface area contributed by atoms with Crippen LogP contribution in [-0.2, 0) is 0 Å². The zero-order chi connectivity index (χ0) is 11.4. The molecule has 0 aromatic heterocycles. The number of rotatable bonds is 3. The van der Waals surface area contributed by atoms with E-state index in [1.165, 1.54) is 43.2 Å². The fraction of sp³-hybridized carbons (Fsp3) is 0.571. The summed E-state index contributed by atoms with van der Waals surface area (Å²) in [6, 6.07) is 8.56. The van der Waals surface area contributed by atoms with Gasteiger partial charge in [-0.3, -0.25) is 0 Å². The molecular weight excluding hydrogens is 196 g/mol. The van der Waals surface area contributed by atoms with Gasteiger partial charge < -0.3 is 11.5 Å². The molecule has 1 aromatic rings. The molecule has 0 bridgehead atoms. The van der Waals surface area contributed by atoms with Crippen LogP contribution in [0.4, 0.5) is 0 Å². The third-order valence-electron chi connectivity index (χ3n) is 3.69. The minimum Gasteiger partial charge on any atom is -0.329 e. The van der Waals surface area contributed by atoms with Gasteiger partial charge in [-0.25, -0.2) is 0 Å². The molecule has 0 aliphatic heterocycles. The Morgan fingerprint density at radius 3 is 2.50 bits per heavy atom. The molecule has 16 heavy (non-hydrogen) atoms. The molecule has 0 unspecified atom stereocenters. The lowest BCUT2D eigenvalue weighted by Crippen LogP contribution is -2.23. The van der Waals surface area contributed by atoms with Crippen molar-refractivity contribution in [3.63, 3.8) is 0 Å². The van der Waals surface area contributed by atoms with E-state index >= 15 is 0 Å². The van der Waals surface area contributed by atoms with Crippen LogP contribution in [0.25, 0.3) is 0 Å². The zero-order valence-corrected chi connectivity index (χ0v) is 9.86. The normalized spacial score (nSPS) is 19.6. The van der Waals surface area contributed by atoms with Crippen LogP contribution in [-0.4, -0.2) is 6.54 Å². The van der Waals surface area contributed by atoms with E-state index in [-0.39, 0.29) is 6.04 Å². The molecule has 2 heteroatoms. The summed E-state index contributed by atoms with van der Waals surface area (Å²) in [6.45, 7) is 0.531. The molecule has 1 atom stereocenters. The highest BCUT2D eigenvalue weighted by Crippen LogP contribution is 2.35. The van der Waals surface area contributed by atoms with E-state index in [1.54, 1.807) is 0 Å². The van der Waals surface area contributed by atoms with Crippen LogP contribution in [0.2, 0.25) is 0 Å². The minimum atomic E-state index is -0.00173. The van der Waals surface area contributed by atoms with Gasteiger partial charge in [0.1, 0.15) is 0 Å². The van der Waals surface area contributed by atoms with Gasteiger partial charge >= 0.3 is 0 Å². The number of nitrogens with two attached hydrogens (primary N) is 2. The van der Waals surface area contributed by atoms with E-state index in [0.29, 0.717) is 12.5 Å². The summed E-state index contributed by atoms with van der Waals surface area (Å²) in [7, 11) is 0. The molecule has 2 nitrogen and oxygen atoms in total. The lowest BCUT2D eigenvalue weighted by molar-refractivity contribution is 0.440. The standard InChI is InChI=1S/C14H22N2/c15-10-14(16)13-9-5-4-8-12(13)11-6-2-1-3-7-11/h4-5,8-9,11,14H,1-3,6-7,10,15-16H2/t14-/m1/s1. The Labute approximate surface area is 98.0 Å². The summed E-state index contributed by atoms with van der Waals surface area (Å²) in [5, 5.41) is 0. The van der Waals surface area contributed by atoms with E-state index in [0.717, 1.165) is 0 Å². The third kappa shape index (κ3) is 2.45. The van der Waals surface area contributed by atoms with Crippen molar-refractivity contribution in [1.29, 1.82) is 0 Å². The van der Waals surface area contributed by atoms with Gasteiger partial charge in [-0.1, -0.05) is 43.5 Å². The maximum Gasteiger partial charge on any atom is 0.0422 e. The Bertz CT molecular complexity index is 329. The predicted molar refractivity (Wildman–Crippen MR) is 68.3 cm³/mol. The van der Waals surface area contributed by atoms with Crippen LogP contribution in [0.5, 0.6) is 0 Å². The van der Waals surface area contributed by atoms with Crippen molar-refractivity contribution in [2.24, 2.45) is 11.5 Å². The van der Waals surface area contributed by atoms with Gasteiger partial charge in [0.15, 0.2) is 0 Å². The average Bonchev–Trinajstić information content (AvgIpc) is 2.39. The lowest BCUT2D eigenvalue weighted by atomic mass is 9.81. The maximum atomic E-state index is 6.08. The Kier molecular flexibility index (Phi) is 3.97. The predicted octanol–water partition coefficient (Wildman–Crippen LogP) is 2.69. The van der Waals surface area contributed by atoms with Crippen molar-refractivity contribution >= 4 is 0 Å². The molecule has 0 amide bonds. The third-order valence-corrected chi connectivity index (χ3v) is 3.69. The second kappa shape index (κ2) is 5.46. The second-order valence-corrected chi connectivity index (χ2v) is 4.81. The van der Waals surface area contributed by atoms with Crippen LogP contribution < -0.4 is 11.5 Å². The largest absolute Gasteiger partial charge is 0.329 e. The monoisotopic (exact) mass is 218 g/mol. The topological polar surface area (TPSA) is 52.0 Å². The minimum absolute atomic E-state index is 0.00173.